The Hall–Kier alpha value is -7.73. The second kappa shape index (κ2) is 39.2. The van der Waals surface area contributed by atoms with E-state index < -0.39 is 224 Å². The number of carbonyl (C=O) groups excluding carboxylic acids is 13. The van der Waals surface area contributed by atoms with Gasteiger partial charge >= 0.3 is 6.18 Å². The van der Waals surface area contributed by atoms with Gasteiger partial charge in [0, 0.05) is 95.4 Å². The van der Waals surface area contributed by atoms with Gasteiger partial charge in [-0.25, -0.2) is 8.78 Å². The van der Waals surface area contributed by atoms with Crippen LogP contribution in [0, 0.1) is 23.7 Å². The van der Waals surface area contributed by atoms with Crippen LogP contribution >= 0.6 is 11.6 Å². The number of piperidine rings is 2. The van der Waals surface area contributed by atoms with Gasteiger partial charge in [-0.15, -0.1) is 0 Å². The lowest BCUT2D eigenvalue weighted by atomic mass is 9.84. The number of nitrogens with zero attached hydrogens (tertiary/aromatic N) is 10. The van der Waals surface area contributed by atoms with Gasteiger partial charge in [0.2, 0.25) is 76.8 Å². The first-order valence-electron chi connectivity index (χ1n) is 36.8. The average molecular weight is 1510 g/mol. The van der Waals surface area contributed by atoms with Crippen molar-refractivity contribution in [3.05, 3.63) is 34.3 Å². The summed E-state index contributed by atoms with van der Waals surface area (Å²) in [4.78, 5) is 204. The monoisotopic (exact) mass is 1510 g/mol. The molecule has 5 rings (SSSR count). The van der Waals surface area contributed by atoms with Crippen LogP contribution in [0.25, 0.3) is 0 Å². The fourth-order valence-corrected chi connectivity index (χ4v) is 14.4. The summed E-state index contributed by atoms with van der Waals surface area (Å²) in [6.07, 6.45) is -1.97. The van der Waals surface area contributed by atoms with Gasteiger partial charge in [0.1, 0.15) is 48.3 Å². The first kappa shape index (κ1) is 87.9. The summed E-state index contributed by atoms with van der Waals surface area (Å²) >= 11 is 6.13. The van der Waals surface area contributed by atoms with Crippen molar-refractivity contribution in [2.24, 2.45) is 23.7 Å². The van der Waals surface area contributed by atoms with Crippen LogP contribution in [0.15, 0.2) is 18.2 Å². The van der Waals surface area contributed by atoms with Crippen LogP contribution < -0.4 is 16.0 Å². The Bertz CT molecular complexity index is 3250. The highest BCUT2D eigenvalue weighted by Gasteiger charge is 2.46. The molecule has 590 valence electrons. The minimum absolute atomic E-state index is 0.0539. The number of amides is 13. The molecule has 0 unspecified atom stereocenters. The summed E-state index contributed by atoms with van der Waals surface area (Å²) in [6.45, 7) is 9.75. The van der Waals surface area contributed by atoms with E-state index in [-0.39, 0.29) is 43.1 Å². The number of halogens is 6. The largest absolute Gasteiger partial charge is 0.417 e. The second-order valence-electron chi connectivity index (χ2n) is 30.0. The van der Waals surface area contributed by atoms with Gasteiger partial charge in [-0.3, -0.25) is 62.3 Å². The van der Waals surface area contributed by atoms with E-state index in [0.29, 0.717) is 45.2 Å². The Morgan fingerprint density at radius 2 is 1.15 bits per heavy atom. The zero-order valence-electron chi connectivity index (χ0n) is 63.9. The van der Waals surface area contributed by atoms with E-state index in [1.165, 1.54) is 66.1 Å². The minimum atomic E-state index is -4.84. The quantitative estimate of drug-likeness (QED) is 0.196. The van der Waals surface area contributed by atoms with Gasteiger partial charge in [0.15, 0.2) is 0 Å². The normalized spacial score (nSPS) is 25.6. The molecule has 0 radical (unpaired) electrons. The summed E-state index contributed by atoms with van der Waals surface area (Å²) < 4.78 is 70.9. The molecule has 1 aromatic rings. The van der Waals surface area contributed by atoms with Crippen LogP contribution in [-0.4, -0.2) is 282 Å². The highest BCUT2D eigenvalue weighted by molar-refractivity contribution is 6.31. The third kappa shape index (κ3) is 24.1. The third-order valence-electron chi connectivity index (χ3n) is 21.2. The molecule has 3 N–H and O–H groups in total. The number of hydrogen-bond acceptors (Lipinski definition) is 13. The van der Waals surface area contributed by atoms with E-state index in [1.54, 1.807) is 32.6 Å². The smallest absolute Gasteiger partial charge is 0.343 e. The Morgan fingerprint density at radius 1 is 0.590 bits per heavy atom. The number of likely N-dealkylation sites (tertiary alicyclic amines) is 2. The molecule has 4 fully saturated rings. The van der Waals surface area contributed by atoms with Gasteiger partial charge in [-0.2, -0.15) is 13.2 Å². The zero-order chi connectivity index (χ0) is 78.9. The van der Waals surface area contributed by atoms with Crippen LogP contribution in [0.1, 0.15) is 169 Å². The molecule has 9 atom stereocenters. The van der Waals surface area contributed by atoms with Crippen LogP contribution in [0.5, 0.6) is 0 Å². The lowest BCUT2D eigenvalue weighted by molar-refractivity contribution is -0.155. The van der Waals surface area contributed by atoms with Gasteiger partial charge in [0.05, 0.1) is 43.1 Å². The Morgan fingerprint density at radius 3 is 1.71 bits per heavy atom. The van der Waals surface area contributed by atoms with E-state index in [1.807, 2.05) is 13.8 Å². The molecule has 0 spiro atoms. The van der Waals surface area contributed by atoms with E-state index in [2.05, 4.69) is 16.0 Å². The average Bonchev–Trinajstić information content (AvgIpc) is 0.811. The molecule has 1 saturated carbocycles. The van der Waals surface area contributed by atoms with Crippen molar-refractivity contribution in [1.29, 1.82) is 0 Å². The maximum Gasteiger partial charge on any atom is 0.417 e. The van der Waals surface area contributed by atoms with Crippen LogP contribution in [0.3, 0.4) is 0 Å². The molecular weight excluding hydrogens is 1400 g/mol. The SMILES string of the molecule is CC[C@@H]1NC(=O)[C@H](CC(=O)N2CCC(F)(F)CC2)N(C)C(=O)[C@H](CCc2ccc(C(F)(F)F)c(Cl)c2)NC(=O)CN(C)C(=O)[C@H](CC2CCCCC2)N(C)C(=O)CN(C)C(=O)CN(C)C(=O)[C@H]([C@@H](C)CC)NC(=O)[C@H](CC(C)C)N(C)C(=O)C[C@@H](C(=O)N2CCCCC2)N(C)C(=O)[C@H](C(C)C)N(C)C1=O. The topological polar surface area (TPSA) is 290 Å². The molecule has 1 aromatic carbocycles. The number of nitrogens with one attached hydrogen (secondary N) is 3. The molecular formula is C73H113ClF5N13O13. The Balaban J connectivity index is 1.67. The van der Waals surface area contributed by atoms with Crippen LogP contribution in [-0.2, 0) is 74.9 Å². The van der Waals surface area contributed by atoms with E-state index in [0.717, 1.165) is 85.2 Å². The number of carbonyl (C=O) groups is 13. The Kier molecular flexibility index (Phi) is 32.8. The Labute approximate surface area is 619 Å². The summed E-state index contributed by atoms with van der Waals surface area (Å²) in [5, 5.41) is 7.43. The van der Waals surface area contributed by atoms with Crippen molar-refractivity contribution in [2.75, 3.05) is 102 Å². The van der Waals surface area contributed by atoms with Gasteiger partial charge in [-0.05, 0) is 92.7 Å². The highest BCUT2D eigenvalue weighted by Crippen LogP contribution is 2.36. The van der Waals surface area contributed by atoms with Gasteiger partial charge < -0.3 is 64.9 Å². The predicted molar refractivity (Wildman–Crippen MR) is 382 cm³/mol. The number of rotatable bonds is 14. The van der Waals surface area contributed by atoms with Crippen molar-refractivity contribution < 1.29 is 84.3 Å². The maximum absolute atomic E-state index is 15.3. The zero-order valence-corrected chi connectivity index (χ0v) is 64.6. The highest BCUT2D eigenvalue weighted by atomic mass is 35.5. The fraction of sp³-hybridized carbons (Fsp3) is 0.740. The first-order valence-corrected chi connectivity index (χ1v) is 37.2. The number of hydrogen-bond donors (Lipinski definition) is 3. The molecule has 26 nitrogen and oxygen atoms in total. The molecule has 4 aliphatic rings. The first-order chi connectivity index (χ1) is 49.0. The van der Waals surface area contributed by atoms with Crippen molar-refractivity contribution in [3.63, 3.8) is 0 Å². The fourth-order valence-electron chi connectivity index (χ4n) is 14.1. The molecule has 1 aliphatic carbocycles. The molecule has 3 heterocycles. The van der Waals surface area contributed by atoms with E-state index in [4.69, 9.17) is 11.6 Å². The van der Waals surface area contributed by atoms with Gasteiger partial charge in [-0.1, -0.05) is 105 Å². The lowest BCUT2D eigenvalue weighted by Gasteiger charge is -2.40. The summed E-state index contributed by atoms with van der Waals surface area (Å²) in [6, 6.07) is -8.91. The lowest BCUT2D eigenvalue weighted by Crippen LogP contribution is -2.61. The minimum Gasteiger partial charge on any atom is -0.343 e. The van der Waals surface area contributed by atoms with Crippen molar-refractivity contribution in [1.82, 2.24) is 64.9 Å². The standard InChI is InChI=1S/C73H113ClF5N13O13/c1-16-46(7)62-70(104)85(10)42-60(96)83(8)43-61(97)87(12)55(38-47-24-20-18-21-25-47)68(102)84(9)41-57(93)80-52(29-27-48-26-28-49(50(74)37-48)73(77,78)79)67(101)88(13)54(39-59(95)91-34-30-72(75,76)31-35-91)64(98)81-51(17-2)66(100)90(15)63(45(5)6)71(105)89(14)56(69(103)92-32-22-19-23-33-92)40-58(94)86(11)53(36-44(3)4)65(99)82-62/h26,28,37,44-47,51-56,62-63H,16-25,27,29-36,38-43H2,1-15H3,(H,80,93)(H,81,98)(H,82,99)/t46-,51-,52-,53-,54-,55-,56-,62-,63-/m0/s1. The van der Waals surface area contributed by atoms with Crippen LogP contribution in [0.2, 0.25) is 5.02 Å². The number of benzene rings is 1. The molecule has 3 aliphatic heterocycles. The van der Waals surface area contributed by atoms with E-state index in [9.17, 15) is 65.1 Å². The molecule has 3 saturated heterocycles. The molecule has 105 heavy (non-hydrogen) atoms. The number of aryl methyl sites for hydroxylation is 1. The van der Waals surface area contributed by atoms with Crippen molar-refractivity contribution >= 4 is 88.4 Å². The summed E-state index contributed by atoms with van der Waals surface area (Å²) in [5.74, 6) is -15.2. The number of likely N-dealkylation sites (N-methyl/N-ethyl adjacent to an activating group) is 8. The van der Waals surface area contributed by atoms with E-state index >= 15 is 19.2 Å². The van der Waals surface area contributed by atoms with Gasteiger partial charge in [0.25, 0.3) is 5.92 Å². The summed E-state index contributed by atoms with van der Waals surface area (Å²) in [5.41, 5.74) is -0.993. The summed E-state index contributed by atoms with van der Waals surface area (Å²) in [7, 11) is 10.5. The molecule has 32 heteroatoms. The molecule has 0 bridgehead atoms. The van der Waals surface area contributed by atoms with Crippen molar-refractivity contribution in [3.8, 4) is 0 Å². The second-order valence-corrected chi connectivity index (χ2v) is 30.4. The molecule has 0 aromatic heterocycles. The molecule has 13 amide bonds. The maximum atomic E-state index is 15.3. The predicted octanol–water partition coefficient (Wildman–Crippen LogP) is 5.45. The number of alkyl halides is 5. The van der Waals surface area contributed by atoms with Crippen LogP contribution in [0.4, 0.5) is 22.0 Å². The van der Waals surface area contributed by atoms with Crippen molar-refractivity contribution in [2.45, 2.75) is 224 Å². The third-order valence-corrected chi connectivity index (χ3v) is 21.5.